The van der Waals surface area contributed by atoms with Crippen LogP contribution in [0.3, 0.4) is 0 Å². The van der Waals surface area contributed by atoms with Gasteiger partial charge in [-0.05, 0) is 76.9 Å². The van der Waals surface area contributed by atoms with Gasteiger partial charge in [-0.2, -0.15) is 0 Å². The van der Waals surface area contributed by atoms with Gasteiger partial charge >= 0.3 is 6.09 Å². The Morgan fingerprint density at radius 3 is 2.46 bits per heavy atom. The highest BCUT2D eigenvalue weighted by molar-refractivity contribution is 7.93. The molecule has 162 valence electrons. The predicted molar refractivity (Wildman–Crippen MR) is 123 cm³/mol. The lowest BCUT2D eigenvalue weighted by atomic mass is 9.86. The number of likely N-dealkylation sites (tertiary alicyclic amines) is 1. The van der Waals surface area contributed by atoms with Gasteiger partial charge in [-0.25, -0.2) is 4.79 Å². The number of rotatable bonds is 9. The van der Waals surface area contributed by atoms with Gasteiger partial charge in [0.15, 0.2) is 0 Å². The highest BCUT2D eigenvalue weighted by Crippen LogP contribution is 2.40. The Hall–Kier alpha value is -1.20. The molecule has 1 aliphatic rings. The number of allylic oxidation sites excluding steroid dienone is 3. The van der Waals surface area contributed by atoms with Crippen molar-refractivity contribution in [2.75, 3.05) is 19.4 Å². The van der Waals surface area contributed by atoms with Crippen LogP contribution in [0.4, 0.5) is 4.79 Å². The first-order chi connectivity index (χ1) is 13.1. The van der Waals surface area contributed by atoms with Gasteiger partial charge in [0.2, 0.25) is 0 Å². The fourth-order valence-corrected chi connectivity index (χ4v) is 3.84. The second-order valence-corrected chi connectivity index (χ2v) is 8.72. The molecule has 0 saturated carbocycles. The van der Waals surface area contributed by atoms with Crippen molar-refractivity contribution in [1.29, 1.82) is 0 Å². The average molecular weight is 412 g/mol. The summed E-state index contributed by atoms with van der Waals surface area (Å²) in [6, 6.07) is 0. The van der Waals surface area contributed by atoms with E-state index in [1.54, 1.807) is 6.08 Å². The standard InChI is InChI=1S/C21H35NO3S.C2H6/c1-8-11-17(9-2)14-21(6)15-18(12-10-13-24-26-7)16-22(21)19(23)25-20(3,4)5;1-2/h8-9,11,18H,1-2,10,12-16H2,3-7H3;1-2H3/b17-11+;. The van der Waals surface area contributed by atoms with Crippen LogP contribution in [0, 0.1) is 5.92 Å². The van der Waals surface area contributed by atoms with Crippen LogP contribution in [0.25, 0.3) is 0 Å². The van der Waals surface area contributed by atoms with Crippen molar-refractivity contribution in [3.63, 3.8) is 0 Å². The topological polar surface area (TPSA) is 38.8 Å². The van der Waals surface area contributed by atoms with E-state index in [-0.39, 0.29) is 11.6 Å². The van der Waals surface area contributed by atoms with Crippen LogP contribution in [0.2, 0.25) is 0 Å². The molecule has 0 aromatic rings. The molecular weight excluding hydrogens is 370 g/mol. The molecule has 0 radical (unpaired) electrons. The number of amides is 1. The van der Waals surface area contributed by atoms with Gasteiger partial charge in [0.05, 0.1) is 6.61 Å². The Labute approximate surface area is 177 Å². The molecule has 5 heteroatoms. The summed E-state index contributed by atoms with van der Waals surface area (Å²) in [5.74, 6) is 0.452. The molecule has 2 atom stereocenters. The third kappa shape index (κ3) is 9.33. The minimum Gasteiger partial charge on any atom is -0.444 e. The third-order valence-corrected chi connectivity index (χ3v) is 4.97. The fourth-order valence-electron chi connectivity index (χ4n) is 3.55. The second kappa shape index (κ2) is 13.1. The Morgan fingerprint density at radius 1 is 1.32 bits per heavy atom. The average Bonchev–Trinajstić information content (AvgIpc) is 2.95. The lowest BCUT2D eigenvalue weighted by molar-refractivity contribution is 0.0106. The van der Waals surface area contributed by atoms with Crippen molar-refractivity contribution < 1.29 is 13.7 Å². The summed E-state index contributed by atoms with van der Waals surface area (Å²) in [6.07, 6.45) is 11.0. The van der Waals surface area contributed by atoms with E-state index >= 15 is 0 Å². The van der Waals surface area contributed by atoms with E-state index in [0.29, 0.717) is 5.92 Å². The number of carbonyl (C=O) groups is 1. The Kier molecular flexibility index (Phi) is 12.5. The quantitative estimate of drug-likeness (QED) is 0.238. The molecular formula is C23H41NO3S. The molecule has 0 bridgehead atoms. The molecule has 1 aliphatic heterocycles. The largest absolute Gasteiger partial charge is 0.444 e. The number of hydrogen-bond acceptors (Lipinski definition) is 4. The molecule has 0 aromatic carbocycles. The predicted octanol–water partition coefficient (Wildman–Crippen LogP) is 6.79. The summed E-state index contributed by atoms with van der Waals surface area (Å²) in [5.41, 5.74) is 0.305. The monoisotopic (exact) mass is 411 g/mol. The van der Waals surface area contributed by atoms with Crippen molar-refractivity contribution in [2.24, 2.45) is 5.92 Å². The van der Waals surface area contributed by atoms with E-state index in [0.717, 1.165) is 44.4 Å². The molecule has 4 nitrogen and oxygen atoms in total. The highest BCUT2D eigenvalue weighted by Gasteiger charge is 2.45. The number of hydrogen-bond donors (Lipinski definition) is 0. The lowest BCUT2D eigenvalue weighted by Gasteiger charge is -2.36. The van der Waals surface area contributed by atoms with Crippen molar-refractivity contribution in [3.05, 3.63) is 37.0 Å². The molecule has 1 rings (SSSR count). The maximum atomic E-state index is 12.8. The fraction of sp³-hybridized carbons (Fsp3) is 0.696. The zero-order chi connectivity index (χ0) is 21.8. The molecule has 1 fully saturated rings. The number of nitrogens with zero attached hydrogens (tertiary/aromatic N) is 1. The maximum Gasteiger partial charge on any atom is 0.410 e. The minimum atomic E-state index is -0.500. The lowest BCUT2D eigenvalue weighted by Crippen LogP contribution is -2.47. The molecule has 0 aromatic heterocycles. The van der Waals surface area contributed by atoms with Crippen LogP contribution >= 0.6 is 12.0 Å². The van der Waals surface area contributed by atoms with Crippen LogP contribution in [0.15, 0.2) is 37.0 Å². The van der Waals surface area contributed by atoms with Gasteiger partial charge in [0.1, 0.15) is 5.60 Å². The first-order valence-electron chi connectivity index (χ1n) is 10.3. The summed E-state index contributed by atoms with van der Waals surface area (Å²) in [6.45, 7) is 21.0. The number of carbonyl (C=O) groups excluding carboxylic acids is 1. The molecule has 0 aliphatic carbocycles. The first kappa shape index (κ1) is 26.8. The summed E-state index contributed by atoms with van der Waals surface area (Å²) in [4.78, 5) is 14.8. The number of ether oxygens (including phenoxy) is 1. The van der Waals surface area contributed by atoms with Gasteiger partial charge in [-0.3, -0.25) is 0 Å². The third-order valence-electron chi connectivity index (χ3n) is 4.57. The summed E-state index contributed by atoms with van der Waals surface area (Å²) in [5, 5.41) is 0. The van der Waals surface area contributed by atoms with Gasteiger partial charge < -0.3 is 13.8 Å². The molecule has 1 heterocycles. The van der Waals surface area contributed by atoms with Gasteiger partial charge in [0.25, 0.3) is 0 Å². The maximum absolute atomic E-state index is 12.8. The van der Waals surface area contributed by atoms with Gasteiger partial charge in [-0.15, -0.1) is 0 Å². The normalized spacial score (nSPS) is 22.3. The van der Waals surface area contributed by atoms with E-state index in [2.05, 4.69) is 20.1 Å². The van der Waals surface area contributed by atoms with Crippen LogP contribution < -0.4 is 0 Å². The van der Waals surface area contributed by atoms with Crippen molar-refractivity contribution >= 4 is 18.1 Å². The molecule has 1 saturated heterocycles. The Bertz CT molecular complexity index is 524. The summed E-state index contributed by atoms with van der Waals surface area (Å²) in [7, 11) is 0. The van der Waals surface area contributed by atoms with E-state index < -0.39 is 5.60 Å². The SMILES string of the molecule is C=C/C=C(\C=C)CC1(C)CC(CCCOSC)CN1C(=O)OC(C)(C)C.CC. The Morgan fingerprint density at radius 2 is 1.96 bits per heavy atom. The van der Waals surface area contributed by atoms with Crippen LogP contribution in [0.1, 0.15) is 67.2 Å². The van der Waals surface area contributed by atoms with Gasteiger partial charge in [-0.1, -0.05) is 45.2 Å². The smallest absolute Gasteiger partial charge is 0.410 e. The van der Waals surface area contributed by atoms with E-state index in [1.165, 1.54) is 12.0 Å². The van der Waals surface area contributed by atoms with E-state index in [9.17, 15) is 4.79 Å². The van der Waals surface area contributed by atoms with Gasteiger partial charge in [0, 0.05) is 18.3 Å². The molecule has 0 N–H and O–H groups in total. The van der Waals surface area contributed by atoms with Crippen LogP contribution in [-0.4, -0.2) is 41.5 Å². The Balaban J connectivity index is 0.00000352. The van der Waals surface area contributed by atoms with E-state index in [1.807, 2.05) is 57.9 Å². The van der Waals surface area contributed by atoms with E-state index in [4.69, 9.17) is 8.92 Å². The zero-order valence-corrected chi connectivity index (χ0v) is 19.9. The van der Waals surface area contributed by atoms with Crippen molar-refractivity contribution in [3.8, 4) is 0 Å². The highest BCUT2D eigenvalue weighted by atomic mass is 32.2. The second-order valence-electron chi connectivity index (χ2n) is 8.15. The van der Waals surface area contributed by atoms with Crippen LogP contribution in [0.5, 0.6) is 0 Å². The first-order valence-corrected chi connectivity index (χ1v) is 11.4. The zero-order valence-electron chi connectivity index (χ0n) is 19.0. The summed E-state index contributed by atoms with van der Waals surface area (Å²) >= 11 is 1.40. The summed E-state index contributed by atoms with van der Waals surface area (Å²) < 4.78 is 11.1. The van der Waals surface area contributed by atoms with Crippen LogP contribution in [-0.2, 0) is 8.92 Å². The molecule has 28 heavy (non-hydrogen) atoms. The molecule has 1 amide bonds. The van der Waals surface area contributed by atoms with Crippen molar-refractivity contribution in [2.45, 2.75) is 78.4 Å². The van der Waals surface area contributed by atoms with Crippen molar-refractivity contribution in [1.82, 2.24) is 4.90 Å². The molecule has 2 unspecified atom stereocenters. The molecule has 0 spiro atoms. The minimum absolute atomic E-state index is 0.232.